The standard InChI is InChI=1S/C26H42N7O19P3S/c1-4-13(24(38)39)25(40)56-8-7-28-15(34)5-6-29-22(37)19(36)26(2,3)10-49-55(46,47)52-54(44,45)48-9-14-18(51-53(41,42)43)17(35)23(50-14)33-12-32-16-20(27)30-11-31-21(16)33/h11-14,17-19,23,35-36H,4-10H2,1-3H3,(H,28,34)(H,29,37)(H,38,39)(H,44,45)(H,46,47)(H2,27,30,31)(H2,41,42,43)/t13-,14+,17+,18+,19-,23+/m0/s1. The van der Waals surface area contributed by atoms with Gasteiger partial charge in [0.1, 0.15) is 42.2 Å². The fourth-order valence-corrected chi connectivity index (χ4v) is 8.53. The molecule has 0 radical (unpaired) electrons. The predicted molar refractivity (Wildman–Crippen MR) is 189 cm³/mol. The third-order valence-corrected chi connectivity index (χ3v) is 11.8. The van der Waals surface area contributed by atoms with E-state index in [1.54, 1.807) is 6.92 Å². The van der Waals surface area contributed by atoms with Crippen molar-refractivity contribution in [3.63, 3.8) is 0 Å². The average Bonchev–Trinajstić information content (AvgIpc) is 3.64. The Morgan fingerprint density at radius 1 is 1.05 bits per heavy atom. The minimum Gasteiger partial charge on any atom is -0.481 e. The Hall–Kier alpha value is -2.97. The number of aliphatic hydroxyl groups excluding tert-OH is 2. The molecule has 2 aromatic heterocycles. The number of carboxylic acids is 1. The van der Waals surface area contributed by atoms with Crippen LogP contribution in [0.3, 0.4) is 0 Å². The van der Waals surface area contributed by atoms with Crippen LogP contribution in [0.5, 0.6) is 0 Å². The first kappa shape index (κ1) is 47.4. The molecule has 56 heavy (non-hydrogen) atoms. The summed E-state index contributed by atoms with van der Waals surface area (Å²) in [5.41, 5.74) is 4.19. The van der Waals surface area contributed by atoms with E-state index in [1.807, 2.05) is 0 Å². The number of hydrogen-bond donors (Lipinski definition) is 10. The first-order valence-corrected chi connectivity index (χ1v) is 21.7. The molecule has 2 unspecified atom stereocenters. The molecule has 0 spiro atoms. The van der Waals surface area contributed by atoms with E-state index in [9.17, 15) is 62.7 Å². The van der Waals surface area contributed by atoms with Gasteiger partial charge >= 0.3 is 29.4 Å². The van der Waals surface area contributed by atoms with Gasteiger partial charge in [-0.3, -0.25) is 37.3 Å². The van der Waals surface area contributed by atoms with Crippen LogP contribution in [0.2, 0.25) is 0 Å². The highest BCUT2D eigenvalue weighted by Gasteiger charge is 2.50. The van der Waals surface area contributed by atoms with Crippen LogP contribution >= 0.6 is 35.2 Å². The normalized spacial score (nSPS) is 22.2. The summed E-state index contributed by atoms with van der Waals surface area (Å²) in [4.78, 5) is 98.4. The zero-order valence-corrected chi connectivity index (χ0v) is 33.2. The Balaban J connectivity index is 1.49. The van der Waals surface area contributed by atoms with Gasteiger partial charge in [-0.15, -0.1) is 0 Å². The van der Waals surface area contributed by atoms with E-state index in [0.29, 0.717) is 0 Å². The van der Waals surface area contributed by atoms with Gasteiger partial charge in [-0.1, -0.05) is 32.5 Å². The van der Waals surface area contributed by atoms with Crippen molar-refractivity contribution in [2.45, 2.75) is 64.3 Å². The molecule has 1 aliphatic heterocycles. The number of nitrogens with two attached hydrogens (primary N) is 1. The third-order valence-electron chi connectivity index (χ3n) is 7.74. The topological polar surface area (TPSA) is 401 Å². The SMILES string of the molecule is CC[C@@H](C(=O)O)C(=O)SCCNC(=O)CCNC(=O)[C@H](O)C(C)(C)COP(=O)(O)OP(=O)(O)OC[C@H]1O[C@@H](n2cnc3c(N)ncnc32)[C@H](O)[C@@H]1OP(=O)(O)O. The number of nitrogens with zero attached hydrogens (tertiary/aromatic N) is 4. The fraction of sp³-hybridized carbons (Fsp3) is 0.654. The molecule has 1 aliphatic rings. The second-order valence-corrected chi connectivity index (χ2v) is 17.9. The molecule has 11 N–H and O–H groups in total. The number of carbonyl (C=O) groups excluding carboxylic acids is 3. The maximum Gasteiger partial charge on any atom is 0.481 e. The van der Waals surface area contributed by atoms with Gasteiger partial charge in [-0.25, -0.2) is 28.6 Å². The summed E-state index contributed by atoms with van der Waals surface area (Å²) in [6, 6.07) is 0. The van der Waals surface area contributed by atoms with Crippen LogP contribution in [0.1, 0.15) is 39.8 Å². The first-order chi connectivity index (χ1) is 25.9. The van der Waals surface area contributed by atoms with E-state index in [-0.39, 0.29) is 48.7 Å². The number of aliphatic hydroxyl groups is 2. The molecule has 0 saturated carbocycles. The van der Waals surface area contributed by atoms with Crippen LogP contribution in [0.15, 0.2) is 12.7 Å². The van der Waals surface area contributed by atoms with E-state index in [0.717, 1.165) is 29.0 Å². The largest absolute Gasteiger partial charge is 0.481 e. The molecule has 1 fully saturated rings. The summed E-state index contributed by atoms with van der Waals surface area (Å²) in [6.45, 7) is 1.68. The quantitative estimate of drug-likeness (QED) is 0.0376. The second-order valence-electron chi connectivity index (χ2n) is 12.5. The highest BCUT2D eigenvalue weighted by Crippen LogP contribution is 2.61. The number of anilines is 1. The Kier molecular flexibility index (Phi) is 16.6. The molecule has 0 aromatic carbocycles. The number of ether oxygens (including phenoxy) is 1. The van der Waals surface area contributed by atoms with E-state index >= 15 is 0 Å². The Morgan fingerprint density at radius 3 is 2.34 bits per heavy atom. The molecular formula is C26H42N7O19P3S. The van der Waals surface area contributed by atoms with Crippen LogP contribution < -0.4 is 16.4 Å². The number of aromatic nitrogens is 4. The predicted octanol–water partition coefficient (Wildman–Crippen LogP) is -1.22. The van der Waals surface area contributed by atoms with Crippen molar-refractivity contribution in [1.82, 2.24) is 30.2 Å². The number of imidazole rings is 1. The minimum atomic E-state index is -5.59. The summed E-state index contributed by atoms with van der Waals surface area (Å²) < 4.78 is 61.9. The molecule has 26 nitrogen and oxygen atoms in total. The van der Waals surface area contributed by atoms with Crippen molar-refractivity contribution in [3.05, 3.63) is 12.7 Å². The van der Waals surface area contributed by atoms with Crippen molar-refractivity contribution in [2.24, 2.45) is 11.3 Å². The van der Waals surface area contributed by atoms with E-state index in [2.05, 4.69) is 34.4 Å². The third kappa shape index (κ3) is 13.6. The Labute approximate surface area is 321 Å². The van der Waals surface area contributed by atoms with E-state index in [4.69, 9.17) is 24.6 Å². The molecule has 3 rings (SSSR count). The van der Waals surface area contributed by atoms with Gasteiger partial charge in [0.15, 0.2) is 17.7 Å². The number of hydrogen-bond acceptors (Lipinski definition) is 19. The highest BCUT2D eigenvalue weighted by atomic mass is 32.2. The van der Waals surface area contributed by atoms with Crippen LogP contribution in [-0.4, -0.2) is 134 Å². The van der Waals surface area contributed by atoms with Gasteiger partial charge in [0.05, 0.1) is 19.5 Å². The first-order valence-electron chi connectivity index (χ1n) is 16.2. The van der Waals surface area contributed by atoms with Crippen LogP contribution in [-0.2, 0) is 55.5 Å². The minimum absolute atomic E-state index is 0.0186. The smallest absolute Gasteiger partial charge is 0.481 e. The molecule has 3 heterocycles. The number of phosphoric acid groups is 3. The lowest BCUT2D eigenvalue weighted by molar-refractivity contribution is -0.144. The molecule has 316 valence electrons. The van der Waals surface area contributed by atoms with Gasteiger partial charge in [0, 0.05) is 30.7 Å². The molecule has 2 aromatic rings. The molecule has 1 saturated heterocycles. The van der Waals surface area contributed by atoms with Crippen molar-refractivity contribution >= 4 is 75.1 Å². The number of carbonyl (C=O) groups is 4. The summed E-state index contributed by atoms with van der Waals surface area (Å²) in [6.07, 6.45) is -7.01. The lowest BCUT2D eigenvalue weighted by Gasteiger charge is -2.30. The summed E-state index contributed by atoms with van der Waals surface area (Å²) in [7, 11) is -16.5. The second kappa shape index (κ2) is 19.7. The van der Waals surface area contributed by atoms with Crippen molar-refractivity contribution in [3.8, 4) is 0 Å². The average molecular weight is 882 g/mol. The number of rotatable bonds is 22. The Bertz CT molecular complexity index is 1880. The number of aliphatic carboxylic acids is 1. The molecule has 30 heteroatoms. The molecule has 0 bridgehead atoms. The number of thioether (sulfide) groups is 1. The lowest BCUT2D eigenvalue weighted by atomic mass is 9.87. The summed E-state index contributed by atoms with van der Waals surface area (Å²) >= 11 is 0.750. The van der Waals surface area contributed by atoms with Crippen LogP contribution in [0, 0.1) is 11.3 Å². The summed E-state index contributed by atoms with van der Waals surface area (Å²) in [5, 5.41) is 34.6. The zero-order chi connectivity index (χ0) is 42.2. The van der Waals surface area contributed by atoms with E-state index in [1.165, 1.54) is 13.8 Å². The van der Waals surface area contributed by atoms with Crippen molar-refractivity contribution < 1.29 is 90.4 Å². The Morgan fingerprint density at radius 2 is 1.71 bits per heavy atom. The van der Waals surface area contributed by atoms with Gasteiger partial charge in [0.2, 0.25) is 16.9 Å². The van der Waals surface area contributed by atoms with Crippen molar-refractivity contribution in [1.29, 1.82) is 0 Å². The zero-order valence-electron chi connectivity index (χ0n) is 29.7. The lowest BCUT2D eigenvalue weighted by Crippen LogP contribution is -2.46. The number of fused-ring (bicyclic) bond motifs is 1. The molecule has 0 aliphatic carbocycles. The number of nitrogen functional groups attached to an aromatic ring is 1. The number of phosphoric ester groups is 3. The fourth-order valence-electron chi connectivity index (χ4n) is 4.82. The van der Waals surface area contributed by atoms with Crippen LogP contribution in [0.25, 0.3) is 11.2 Å². The van der Waals surface area contributed by atoms with Gasteiger partial charge < -0.3 is 56.0 Å². The number of nitrogens with one attached hydrogen (secondary N) is 2. The van der Waals surface area contributed by atoms with Crippen LogP contribution in [0.4, 0.5) is 5.82 Å². The molecule has 2 amide bonds. The highest BCUT2D eigenvalue weighted by molar-refractivity contribution is 8.13. The maximum atomic E-state index is 12.7. The van der Waals surface area contributed by atoms with E-state index < -0.39 is 102 Å². The molecule has 8 atom stereocenters. The van der Waals surface area contributed by atoms with Gasteiger partial charge in [0.25, 0.3) is 0 Å². The monoisotopic (exact) mass is 881 g/mol. The van der Waals surface area contributed by atoms with Gasteiger partial charge in [-0.05, 0) is 6.42 Å². The molecular weight excluding hydrogens is 839 g/mol. The maximum absolute atomic E-state index is 12.7. The number of carboxylic acid groups (broad SMARTS) is 1. The number of amides is 2. The van der Waals surface area contributed by atoms with Gasteiger partial charge in [-0.2, -0.15) is 4.31 Å². The summed E-state index contributed by atoms with van der Waals surface area (Å²) in [5.74, 6) is -3.92. The van der Waals surface area contributed by atoms with Crippen molar-refractivity contribution in [2.75, 3.05) is 37.8 Å².